The fourth-order valence-electron chi connectivity index (χ4n) is 1.98. The number of hydrogen-bond donors (Lipinski definition) is 2. The zero-order chi connectivity index (χ0) is 13.3. The third-order valence-corrected chi connectivity index (χ3v) is 3.41. The van der Waals surface area contributed by atoms with Gasteiger partial charge in [-0.15, -0.1) is 0 Å². The number of nitrogens with one attached hydrogen (secondary N) is 1. The van der Waals surface area contributed by atoms with Gasteiger partial charge in [0.1, 0.15) is 5.82 Å². The first-order valence-corrected chi connectivity index (χ1v) is 5.90. The average Bonchev–Trinajstić information content (AvgIpc) is 2.29. The van der Waals surface area contributed by atoms with E-state index < -0.39 is 5.82 Å². The summed E-state index contributed by atoms with van der Waals surface area (Å²) in [6.07, 6.45) is 1.81. The molecule has 1 aromatic carbocycles. The van der Waals surface area contributed by atoms with E-state index >= 15 is 0 Å². The number of nitrogens with two attached hydrogens (primary N) is 1. The van der Waals surface area contributed by atoms with Crippen molar-refractivity contribution in [3.63, 3.8) is 0 Å². The van der Waals surface area contributed by atoms with Crippen molar-refractivity contribution in [1.29, 1.82) is 0 Å². The topological polar surface area (TPSA) is 64.3 Å². The van der Waals surface area contributed by atoms with Crippen LogP contribution in [-0.2, 0) is 4.74 Å². The maximum atomic E-state index is 13.5. The highest BCUT2D eigenvalue weighted by molar-refractivity contribution is 5.95. The molecule has 1 amide bonds. The van der Waals surface area contributed by atoms with E-state index in [-0.39, 0.29) is 23.6 Å². The summed E-state index contributed by atoms with van der Waals surface area (Å²) in [4.78, 5) is 11.9. The molecule has 0 aliphatic heterocycles. The molecule has 0 saturated heterocycles. The number of hydrogen-bond acceptors (Lipinski definition) is 3. The standard InChI is InChI=1S/C13H17FN2O2/c1-7-11(14)3-8(4-12(7)15)13(17)16-9-5-10(6-9)18-2/h3-4,9-10H,5-6,15H2,1-2H3,(H,16,17). The molecule has 0 atom stereocenters. The van der Waals surface area contributed by atoms with E-state index in [0.717, 1.165) is 12.8 Å². The van der Waals surface area contributed by atoms with Gasteiger partial charge in [-0.1, -0.05) is 0 Å². The van der Waals surface area contributed by atoms with Crippen LogP contribution in [0.2, 0.25) is 0 Å². The largest absolute Gasteiger partial charge is 0.398 e. The van der Waals surface area contributed by atoms with Gasteiger partial charge in [0.15, 0.2) is 0 Å². The van der Waals surface area contributed by atoms with E-state index in [9.17, 15) is 9.18 Å². The van der Waals surface area contributed by atoms with Gasteiger partial charge >= 0.3 is 0 Å². The Kier molecular flexibility index (Phi) is 3.52. The van der Waals surface area contributed by atoms with E-state index in [1.165, 1.54) is 12.1 Å². The summed E-state index contributed by atoms with van der Waals surface area (Å²) in [5.74, 6) is -0.747. The Morgan fingerprint density at radius 3 is 2.72 bits per heavy atom. The SMILES string of the molecule is COC1CC(NC(=O)c2cc(N)c(C)c(F)c2)C1. The van der Waals surface area contributed by atoms with Gasteiger partial charge in [0, 0.05) is 30.0 Å². The molecule has 0 bridgehead atoms. The van der Waals surface area contributed by atoms with Gasteiger partial charge in [0.25, 0.3) is 5.91 Å². The lowest BCUT2D eigenvalue weighted by Gasteiger charge is -2.34. The number of amides is 1. The lowest BCUT2D eigenvalue weighted by molar-refractivity contribution is 0.0176. The minimum Gasteiger partial charge on any atom is -0.398 e. The van der Waals surface area contributed by atoms with Gasteiger partial charge in [0.2, 0.25) is 0 Å². The van der Waals surface area contributed by atoms with Gasteiger partial charge in [-0.3, -0.25) is 4.79 Å². The molecule has 1 saturated carbocycles. The summed E-state index contributed by atoms with van der Waals surface area (Å²) in [6.45, 7) is 1.58. The number of nitrogen functional groups attached to an aromatic ring is 1. The second kappa shape index (κ2) is 4.94. The molecule has 3 N–H and O–H groups in total. The molecular formula is C13H17FN2O2. The highest BCUT2D eigenvalue weighted by Gasteiger charge is 2.30. The average molecular weight is 252 g/mol. The first kappa shape index (κ1) is 12.8. The van der Waals surface area contributed by atoms with Crippen LogP contribution in [0.15, 0.2) is 12.1 Å². The van der Waals surface area contributed by atoms with Crippen molar-refractivity contribution in [1.82, 2.24) is 5.32 Å². The Balaban J connectivity index is 2.02. The Morgan fingerprint density at radius 2 is 2.17 bits per heavy atom. The minimum atomic E-state index is -0.455. The Labute approximate surface area is 105 Å². The van der Waals surface area contributed by atoms with Gasteiger partial charge in [0.05, 0.1) is 6.10 Å². The third kappa shape index (κ3) is 2.46. The van der Waals surface area contributed by atoms with Crippen LogP contribution in [0.3, 0.4) is 0 Å². The molecule has 98 valence electrons. The lowest BCUT2D eigenvalue weighted by atomic mass is 9.89. The van der Waals surface area contributed by atoms with E-state index in [1.54, 1.807) is 14.0 Å². The van der Waals surface area contributed by atoms with Crippen LogP contribution in [0.5, 0.6) is 0 Å². The maximum absolute atomic E-state index is 13.5. The second-order valence-corrected chi connectivity index (χ2v) is 4.67. The highest BCUT2D eigenvalue weighted by atomic mass is 19.1. The monoisotopic (exact) mass is 252 g/mol. The van der Waals surface area contributed by atoms with Crippen LogP contribution in [0.25, 0.3) is 0 Å². The maximum Gasteiger partial charge on any atom is 0.251 e. The normalized spacial score (nSPS) is 22.4. The van der Waals surface area contributed by atoms with Crippen LogP contribution in [0.1, 0.15) is 28.8 Å². The highest BCUT2D eigenvalue weighted by Crippen LogP contribution is 2.23. The Bertz CT molecular complexity index is 447. The molecule has 2 rings (SSSR count). The molecule has 0 heterocycles. The summed E-state index contributed by atoms with van der Waals surface area (Å²) in [5.41, 5.74) is 6.57. The molecule has 0 radical (unpaired) electrons. The molecule has 0 unspecified atom stereocenters. The fraction of sp³-hybridized carbons (Fsp3) is 0.462. The van der Waals surface area contributed by atoms with E-state index in [0.29, 0.717) is 11.3 Å². The molecule has 1 fully saturated rings. The molecule has 1 aliphatic carbocycles. The molecule has 1 aromatic rings. The van der Waals surface area contributed by atoms with E-state index in [2.05, 4.69) is 5.32 Å². The summed E-state index contributed by atoms with van der Waals surface area (Å²) in [6, 6.07) is 2.82. The lowest BCUT2D eigenvalue weighted by Crippen LogP contribution is -2.47. The zero-order valence-corrected chi connectivity index (χ0v) is 10.5. The number of methoxy groups -OCH3 is 1. The Morgan fingerprint density at radius 1 is 1.50 bits per heavy atom. The fourth-order valence-corrected chi connectivity index (χ4v) is 1.98. The smallest absolute Gasteiger partial charge is 0.251 e. The first-order chi connectivity index (χ1) is 8.51. The number of carbonyl (C=O) groups excluding carboxylic acids is 1. The van der Waals surface area contributed by atoms with Crippen molar-refractivity contribution in [2.75, 3.05) is 12.8 Å². The Hall–Kier alpha value is -1.62. The summed E-state index contributed by atoms with van der Waals surface area (Å²) >= 11 is 0. The van der Waals surface area contributed by atoms with Crippen molar-refractivity contribution in [3.8, 4) is 0 Å². The van der Waals surface area contributed by atoms with Gasteiger partial charge in [-0.25, -0.2) is 4.39 Å². The predicted octanol–water partition coefficient (Wildman–Crippen LogP) is 1.62. The summed E-state index contributed by atoms with van der Waals surface area (Å²) in [5, 5.41) is 2.83. The van der Waals surface area contributed by atoms with Gasteiger partial charge < -0.3 is 15.8 Å². The number of anilines is 1. The van der Waals surface area contributed by atoms with Crippen molar-refractivity contribution in [3.05, 3.63) is 29.1 Å². The van der Waals surface area contributed by atoms with Crippen LogP contribution in [0, 0.1) is 12.7 Å². The molecule has 18 heavy (non-hydrogen) atoms. The number of ether oxygens (including phenoxy) is 1. The summed E-state index contributed by atoms with van der Waals surface area (Å²) in [7, 11) is 1.65. The number of halogens is 1. The second-order valence-electron chi connectivity index (χ2n) is 4.67. The number of carbonyl (C=O) groups is 1. The van der Waals surface area contributed by atoms with Crippen LogP contribution >= 0.6 is 0 Å². The number of benzene rings is 1. The first-order valence-electron chi connectivity index (χ1n) is 5.90. The zero-order valence-electron chi connectivity index (χ0n) is 10.5. The molecule has 4 nitrogen and oxygen atoms in total. The molecule has 0 spiro atoms. The molecule has 0 aromatic heterocycles. The molecule has 5 heteroatoms. The molecular weight excluding hydrogens is 235 g/mol. The van der Waals surface area contributed by atoms with E-state index in [1.807, 2.05) is 0 Å². The van der Waals surface area contributed by atoms with Crippen molar-refractivity contribution >= 4 is 11.6 Å². The van der Waals surface area contributed by atoms with Gasteiger partial charge in [-0.2, -0.15) is 0 Å². The number of rotatable bonds is 3. The third-order valence-electron chi connectivity index (χ3n) is 3.41. The quantitative estimate of drug-likeness (QED) is 0.803. The van der Waals surface area contributed by atoms with Crippen LogP contribution in [-0.4, -0.2) is 25.2 Å². The van der Waals surface area contributed by atoms with Crippen molar-refractivity contribution < 1.29 is 13.9 Å². The van der Waals surface area contributed by atoms with Gasteiger partial charge in [-0.05, 0) is 31.9 Å². The van der Waals surface area contributed by atoms with Crippen molar-refractivity contribution in [2.45, 2.75) is 31.9 Å². The van der Waals surface area contributed by atoms with Crippen LogP contribution in [0.4, 0.5) is 10.1 Å². The van der Waals surface area contributed by atoms with Crippen LogP contribution < -0.4 is 11.1 Å². The van der Waals surface area contributed by atoms with E-state index in [4.69, 9.17) is 10.5 Å². The molecule has 1 aliphatic rings. The minimum absolute atomic E-state index is 0.105. The van der Waals surface area contributed by atoms with Crippen molar-refractivity contribution in [2.24, 2.45) is 0 Å². The summed E-state index contributed by atoms with van der Waals surface area (Å²) < 4.78 is 18.6. The predicted molar refractivity (Wildman–Crippen MR) is 66.8 cm³/mol.